The Morgan fingerprint density at radius 1 is 1.24 bits per heavy atom. The lowest BCUT2D eigenvalue weighted by Gasteiger charge is -2.17. The summed E-state index contributed by atoms with van der Waals surface area (Å²) in [6.07, 6.45) is 2.51. The van der Waals surface area contributed by atoms with Gasteiger partial charge in [0, 0.05) is 18.5 Å². The van der Waals surface area contributed by atoms with Crippen LogP contribution in [0.5, 0.6) is 5.75 Å². The molecule has 0 spiro atoms. The van der Waals surface area contributed by atoms with Crippen molar-refractivity contribution in [3.05, 3.63) is 64.6 Å². The van der Waals surface area contributed by atoms with Gasteiger partial charge in [0.05, 0.1) is 25.0 Å². The average Bonchev–Trinajstić information content (AvgIpc) is 2.86. The summed E-state index contributed by atoms with van der Waals surface area (Å²) in [6.45, 7) is 4.57. The largest absolute Gasteiger partial charge is 0.496 e. The number of aromatic nitrogens is 2. The maximum atomic E-state index is 12.3. The van der Waals surface area contributed by atoms with Crippen LogP contribution in [-0.2, 0) is 11.3 Å². The van der Waals surface area contributed by atoms with Gasteiger partial charge < -0.3 is 14.5 Å². The number of methoxy groups -OCH3 is 1. The van der Waals surface area contributed by atoms with Gasteiger partial charge in [-0.25, -0.2) is 4.98 Å². The molecule has 0 fully saturated rings. The Balaban J connectivity index is 1.92. The number of rotatable bonds is 2. The van der Waals surface area contributed by atoms with E-state index in [0.717, 1.165) is 33.9 Å². The highest BCUT2D eigenvalue weighted by atomic mass is 16.5. The molecule has 0 saturated carbocycles. The number of nitrogens with one attached hydrogen (secondary N) is 1. The van der Waals surface area contributed by atoms with Gasteiger partial charge in [0.15, 0.2) is 0 Å². The number of hydrogen-bond acceptors (Lipinski definition) is 3. The van der Waals surface area contributed by atoms with Crippen molar-refractivity contribution in [1.82, 2.24) is 14.7 Å². The second kappa shape index (κ2) is 5.92. The first-order valence-corrected chi connectivity index (χ1v) is 8.45. The Morgan fingerprint density at radius 2 is 2.08 bits per heavy atom. The minimum absolute atomic E-state index is 0.0288. The molecule has 128 valence electrons. The van der Waals surface area contributed by atoms with Crippen LogP contribution in [0.1, 0.15) is 40.4 Å². The summed E-state index contributed by atoms with van der Waals surface area (Å²) in [7, 11) is 1.67. The van der Waals surface area contributed by atoms with Crippen LogP contribution < -0.4 is 10.1 Å². The molecule has 0 bridgehead atoms. The second-order valence-electron chi connectivity index (χ2n) is 6.64. The molecule has 1 aromatic carbocycles. The van der Waals surface area contributed by atoms with Gasteiger partial charge in [-0.15, -0.1) is 0 Å². The Bertz CT molecular complexity index is 974. The van der Waals surface area contributed by atoms with Crippen molar-refractivity contribution in [3.8, 4) is 5.75 Å². The van der Waals surface area contributed by atoms with E-state index < -0.39 is 0 Å². The lowest BCUT2D eigenvalue weighted by molar-refractivity contribution is -0.121. The maximum Gasteiger partial charge on any atom is 0.221 e. The zero-order chi connectivity index (χ0) is 17.6. The summed E-state index contributed by atoms with van der Waals surface area (Å²) >= 11 is 0. The fourth-order valence-corrected chi connectivity index (χ4v) is 3.65. The molecule has 1 atom stereocenters. The lowest BCUT2D eigenvalue weighted by Crippen LogP contribution is -2.21. The van der Waals surface area contributed by atoms with Gasteiger partial charge in [-0.1, -0.05) is 18.2 Å². The number of imidazole rings is 1. The molecule has 0 radical (unpaired) electrons. The molecule has 0 unspecified atom stereocenters. The summed E-state index contributed by atoms with van der Waals surface area (Å²) in [6, 6.07) is 10.2. The molecule has 25 heavy (non-hydrogen) atoms. The van der Waals surface area contributed by atoms with Crippen LogP contribution in [-0.4, -0.2) is 22.4 Å². The molecule has 1 aliphatic rings. The van der Waals surface area contributed by atoms with Crippen molar-refractivity contribution < 1.29 is 9.53 Å². The summed E-state index contributed by atoms with van der Waals surface area (Å²) in [4.78, 5) is 17.0. The van der Waals surface area contributed by atoms with Crippen molar-refractivity contribution in [2.24, 2.45) is 0 Å². The summed E-state index contributed by atoms with van der Waals surface area (Å²) in [5, 5.41) is 2.97. The third kappa shape index (κ3) is 2.65. The van der Waals surface area contributed by atoms with E-state index in [1.54, 1.807) is 7.11 Å². The van der Waals surface area contributed by atoms with Gasteiger partial charge in [-0.3, -0.25) is 4.79 Å². The van der Waals surface area contributed by atoms with Crippen LogP contribution >= 0.6 is 0 Å². The number of nitrogens with zero attached hydrogens (tertiary/aromatic N) is 2. The topological polar surface area (TPSA) is 55.6 Å². The Kier molecular flexibility index (Phi) is 3.71. The van der Waals surface area contributed by atoms with E-state index in [1.807, 2.05) is 25.1 Å². The molecule has 3 heterocycles. The van der Waals surface area contributed by atoms with Crippen LogP contribution in [0.4, 0.5) is 0 Å². The zero-order valence-electron chi connectivity index (χ0n) is 14.7. The van der Waals surface area contributed by atoms with Gasteiger partial charge in [0.2, 0.25) is 5.91 Å². The number of amides is 1. The average molecular weight is 335 g/mol. The monoisotopic (exact) mass is 335 g/mol. The highest BCUT2D eigenvalue weighted by Crippen LogP contribution is 2.35. The minimum Gasteiger partial charge on any atom is -0.496 e. The molecular formula is C20H21N3O2. The van der Waals surface area contributed by atoms with Crippen LogP contribution in [0, 0.1) is 13.8 Å². The molecule has 2 aromatic heterocycles. The van der Waals surface area contributed by atoms with E-state index in [2.05, 4.69) is 35.0 Å². The fraction of sp³-hybridized carbons (Fsp3) is 0.300. The first-order valence-electron chi connectivity index (χ1n) is 8.45. The van der Waals surface area contributed by atoms with E-state index in [4.69, 9.17) is 9.72 Å². The van der Waals surface area contributed by atoms with Gasteiger partial charge in [-0.2, -0.15) is 0 Å². The standard InChI is InChI=1S/C20H21N3O2/c1-12-4-7-18-22-16-10-21-19(24)9-15(20(16)23(18)11-12)14-5-6-17(25-3)13(2)8-14/h4-8,11,15H,9-10H2,1-3H3,(H,21,24)/t15-/m1/s1. The van der Waals surface area contributed by atoms with Crippen LogP contribution in [0.25, 0.3) is 5.65 Å². The molecule has 1 amide bonds. The first kappa shape index (κ1) is 15.7. The van der Waals surface area contributed by atoms with Crippen molar-refractivity contribution >= 4 is 11.6 Å². The predicted octanol–water partition coefficient (Wildman–Crippen LogP) is 3.11. The zero-order valence-corrected chi connectivity index (χ0v) is 14.7. The third-order valence-corrected chi connectivity index (χ3v) is 4.87. The number of pyridine rings is 1. The SMILES string of the molecule is COc1ccc([C@H]2CC(=O)NCc3nc4ccc(C)cn4c32)cc1C. The van der Waals surface area contributed by atoms with Gasteiger partial charge in [-0.05, 0) is 42.7 Å². The van der Waals surface area contributed by atoms with Crippen LogP contribution in [0.15, 0.2) is 36.5 Å². The van der Waals surface area contributed by atoms with Crippen LogP contribution in [0.3, 0.4) is 0 Å². The van der Waals surface area contributed by atoms with Crippen molar-refractivity contribution in [2.45, 2.75) is 32.7 Å². The van der Waals surface area contributed by atoms with Crippen LogP contribution in [0.2, 0.25) is 0 Å². The lowest BCUT2D eigenvalue weighted by atomic mass is 9.90. The molecule has 5 heteroatoms. The quantitative estimate of drug-likeness (QED) is 0.783. The molecule has 5 nitrogen and oxygen atoms in total. The van der Waals surface area contributed by atoms with E-state index in [0.29, 0.717) is 13.0 Å². The third-order valence-electron chi connectivity index (χ3n) is 4.87. The number of carbonyl (C=O) groups excluding carboxylic acids is 1. The van der Waals surface area contributed by atoms with E-state index in [9.17, 15) is 4.79 Å². The number of hydrogen-bond donors (Lipinski definition) is 1. The highest BCUT2D eigenvalue weighted by molar-refractivity contribution is 5.78. The Hall–Kier alpha value is -2.82. The van der Waals surface area contributed by atoms with Gasteiger partial charge in [0.25, 0.3) is 0 Å². The van der Waals surface area contributed by atoms with Crippen molar-refractivity contribution in [2.75, 3.05) is 7.11 Å². The van der Waals surface area contributed by atoms with Crippen molar-refractivity contribution in [3.63, 3.8) is 0 Å². The molecule has 4 rings (SSSR count). The normalized spacial score (nSPS) is 17.1. The Labute approximate surface area is 146 Å². The summed E-state index contributed by atoms with van der Waals surface area (Å²) in [5.41, 5.74) is 6.30. The molecule has 0 saturated heterocycles. The molecular weight excluding hydrogens is 314 g/mol. The number of ether oxygens (including phenoxy) is 1. The van der Waals surface area contributed by atoms with Gasteiger partial charge >= 0.3 is 0 Å². The molecule has 3 aromatic rings. The summed E-state index contributed by atoms with van der Waals surface area (Å²) in [5.74, 6) is 0.882. The fourth-order valence-electron chi connectivity index (χ4n) is 3.65. The Morgan fingerprint density at radius 3 is 2.84 bits per heavy atom. The molecule has 0 aliphatic carbocycles. The second-order valence-corrected chi connectivity index (χ2v) is 6.64. The number of aryl methyl sites for hydroxylation is 2. The number of carbonyl (C=O) groups is 1. The number of fused-ring (bicyclic) bond motifs is 3. The first-order chi connectivity index (χ1) is 12.1. The molecule has 1 N–H and O–H groups in total. The minimum atomic E-state index is -0.0288. The van der Waals surface area contributed by atoms with E-state index in [-0.39, 0.29) is 11.8 Å². The smallest absolute Gasteiger partial charge is 0.221 e. The van der Waals surface area contributed by atoms with Gasteiger partial charge in [0.1, 0.15) is 11.4 Å². The van der Waals surface area contributed by atoms with Crippen molar-refractivity contribution in [1.29, 1.82) is 0 Å². The van der Waals surface area contributed by atoms with E-state index >= 15 is 0 Å². The predicted molar refractivity (Wildman–Crippen MR) is 96.0 cm³/mol. The maximum absolute atomic E-state index is 12.3. The molecule has 1 aliphatic heterocycles. The number of benzene rings is 1. The summed E-state index contributed by atoms with van der Waals surface area (Å²) < 4.78 is 7.51. The van der Waals surface area contributed by atoms with E-state index in [1.165, 1.54) is 5.56 Å². The highest BCUT2D eigenvalue weighted by Gasteiger charge is 2.29.